The van der Waals surface area contributed by atoms with Crippen molar-refractivity contribution in [2.24, 2.45) is 5.73 Å². The van der Waals surface area contributed by atoms with E-state index in [0.29, 0.717) is 16.3 Å². The Morgan fingerprint density at radius 2 is 1.85 bits per heavy atom. The monoisotopic (exact) mass is 408 g/mol. The lowest BCUT2D eigenvalue weighted by atomic mass is 10.2. The molecule has 3 aromatic rings. The number of fused-ring (bicyclic) bond motifs is 1. The molecule has 134 valence electrons. The molecule has 0 spiro atoms. The maximum atomic E-state index is 12.5. The van der Waals surface area contributed by atoms with Gasteiger partial charge in [0, 0.05) is 18.7 Å². The van der Waals surface area contributed by atoms with Gasteiger partial charge in [0.15, 0.2) is 5.13 Å². The quantitative estimate of drug-likeness (QED) is 0.590. The van der Waals surface area contributed by atoms with Crippen LogP contribution in [0.3, 0.4) is 0 Å². The summed E-state index contributed by atoms with van der Waals surface area (Å²) in [6.45, 7) is 0.275. The van der Waals surface area contributed by atoms with E-state index in [2.05, 4.69) is 15.6 Å². The van der Waals surface area contributed by atoms with Gasteiger partial charge in [-0.3, -0.25) is 9.59 Å². The van der Waals surface area contributed by atoms with Crippen molar-refractivity contribution in [3.05, 3.63) is 52.0 Å². The second-order valence-corrected chi connectivity index (χ2v) is 7.18. The van der Waals surface area contributed by atoms with Crippen LogP contribution in [-0.2, 0) is 4.79 Å². The number of carbonyl (C=O) groups is 2. The first-order chi connectivity index (χ1) is 12.5. The number of rotatable bonds is 5. The Labute approximate surface area is 163 Å². The van der Waals surface area contributed by atoms with Crippen molar-refractivity contribution < 1.29 is 9.59 Å². The van der Waals surface area contributed by atoms with Gasteiger partial charge in [-0.05, 0) is 30.3 Å². The maximum Gasteiger partial charge on any atom is 0.258 e. The van der Waals surface area contributed by atoms with Crippen LogP contribution in [-0.4, -0.2) is 23.3 Å². The standard InChI is InChI=1S/C17H14Cl2N4O2S/c18-10-2-1-3-11(19)15(10)16(25)21-9-4-5-12-13(8-9)26-17(22-12)23-14(24)6-7-20/h1-5,8H,6-7,20H2,(H,21,25)(H,22,23,24). The molecule has 0 saturated carbocycles. The van der Waals surface area contributed by atoms with E-state index >= 15 is 0 Å². The second kappa shape index (κ2) is 8.01. The predicted octanol–water partition coefficient (Wildman–Crippen LogP) is 4.14. The fourth-order valence-corrected chi connectivity index (χ4v) is 3.77. The Morgan fingerprint density at radius 1 is 1.12 bits per heavy atom. The zero-order chi connectivity index (χ0) is 18.7. The number of benzene rings is 2. The summed E-state index contributed by atoms with van der Waals surface area (Å²) >= 11 is 13.4. The van der Waals surface area contributed by atoms with Crippen LogP contribution in [0.25, 0.3) is 10.2 Å². The van der Waals surface area contributed by atoms with E-state index in [4.69, 9.17) is 28.9 Å². The van der Waals surface area contributed by atoms with Crippen LogP contribution in [0.15, 0.2) is 36.4 Å². The second-order valence-electron chi connectivity index (χ2n) is 5.34. The summed E-state index contributed by atoms with van der Waals surface area (Å²) < 4.78 is 0.816. The number of nitrogens with one attached hydrogen (secondary N) is 2. The van der Waals surface area contributed by atoms with Gasteiger partial charge in [-0.2, -0.15) is 0 Å². The van der Waals surface area contributed by atoms with Gasteiger partial charge in [0.25, 0.3) is 5.91 Å². The average molecular weight is 409 g/mol. The third-order valence-corrected chi connectivity index (χ3v) is 5.02. The first kappa shape index (κ1) is 18.6. The van der Waals surface area contributed by atoms with Crippen LogP contribution in [0.1, 0.15) is 16.8 Å². The molecule has 0 unspecified atom stereocenters. The molecule has 1 heterocycles. The molecule has 9 heteroatoms. The first-order valence-electron chi connectivity index (χ1n) is 7.64. The zero-order valence-electron chi connectivity index (χ0n) is 13.4. The van der Waals surface area contributed by atoms with Gasteiger partial charge < -0.3 is 16.4 Å². The van der Waals surface area contributed by atoms with Crippen LogP contribution in [0, 0.1) is 0 Å². The normalized spacial score (nSPS) is 10.7. The summed E-state index contributed by atoms with van der Waals surface area (Å²) in [4.78, 5) is 28.4. The smallest absolute Gasteiger partial charge is 0.258 e. The minimum Gasteiger partial charge on any atom is -0.330 e. The lowest BCUT2D eigenvalue weighted by Gasteiger charge is -2.08. The molecule has 0 bridgehead atoms. The lowest BCUT2D eigenvalue weighted by molar-refractivity contribution is -0.116. The topological polar surface area (TPSA) is 97.1 Å². The van der Waals surface area contributed by atoms with Crippen LogP contribution >= 0.6 is 34.5 Å². The Morgan fingerprint density at radius 3 is 2.54 bits per heavy atom. The number of amides is 2. The number of hydrogen-bond acceptors (Lipinski definition) is 5. The number of halogens is 2. The molecule has 6 nitrogen and oxygen atoms in total. The van der Waals surface area contributed by atoms with Gasteiger partial charge in [-0.15, -0.1) is 0 Å². The lowest BCUT2D eigenvalue weighted by Crippen LogP contribution is -2.15. The number of aromatic nitrogens is 1. The third-order valence-electron chi connectivity index (χ3n) is 3.45. The van der Waals surface area contributed by atoms with Gasteiger partial charge in [0.1, 0.15) is 0 Å². The van der Waals surface area contributed by atoms with Gasteiger partial charge >= 0.3 is 0 Å². The van der Waals surface area contributed by atoms with Gasteiger partial charge in [-0.25, -0.2) is 4.98 Å². The number of nitrogens with two attached hydrogens (primary N) is 1. The van der Waals surface area contributed by atoms with Gasteiger partial charge in [0.05, 0.1) is 25.8 Å². The molecule has 0 aliphatic rings. The van der Waals surface area contributed by atoms with E-state index in [1.54, 1.807) is 36.4 Å². The zero-order valence-corrected chi connectivity index (χ0v) is 15.7. The highest BCUT2D eigenvalue weighted by Crippen LogP contribution is 2.30. The minimum atomic E-state index is -0.402. The molecule has 0 radical (unpaired) electrons. The van der Waals surface area contributed by atoms with Crippen LogP contribution in [0.4, 0.5) is 10.8 Å². The fourth-order valence-electron chi connectivity index (χ4n) is 2.28. The van der Waals surface area contributed by atoms with E-state index in [0.717, 1.165) is 4.70 Å². The van der Waals surface area contributed by atoms with Crippen molar-refractivity contribution in [3.63, 3.8) is 0 Å². The summed E-state index contributed by atoms with van der Waals surface area (Å²) in [5.41, 5.74) is 6.86. The highest BCUT2D eigenvalue weighted by atomic mass is 35.5. The molecular formula is C17H14Cl2N4O2S. The molecule has 0 fully saturated rings. The molecule has 26 heavy (non-hydrogen) atoms. The van der Waals surface area contributed by atoms with E-state index in [1.807, 2.05) is 0 Å². The molecule has 2 aromatic carbocycles. The number of hydrogen-bond donors (Lipinski definition) is 3. The van der Waals surface area contributed by atoms with Crippen molar-refractivity contribution in [1.29, 1.82) is 0 Å². The number of carbonyl (C=O) groups excluding carboxylic acids is 2. The van der Waals surface area contributed by atoms with E-state index in [9.17, 15) is 9.59 Å². The third kappa shape index (κ3) is 4.13. The summed E-state index contributed by atoms with van der Waals surface area (Å²) in [5, 5.41) is 6.50. The highest BCUT2D eigenvalue weighted by molar-refractivity contribution is 7.22. The Kier molecular flexibility index (Phi) is 5.73. The van der Waals surface area contributed by atoms with Crippen LogP contribution in [0.5, 0.6) is 0 Å². The van der Waals surface area contributed by atoms with Gasteiger partial charge in [0.2, 0.25) is 5.91 Å². The molecule has 2 amide bonds. The van der Waals surface area contributed by atoms with Crippen molar-refractivity contribution >= 4 is 67.4 Å². The first-order valence-corrected chi connectivity index (χ1v) is 9.21. The van der Waals surface area contributed by atoms with Crippen molar-refractivity contribution in [2.75, 3.05) is 17.2 Å². The van der Waals surface area contributed by atoms with Crippen molar-refractivity contribution in [1.82, 2.24) is 4.98 Å². The van der Waals surface area contributed by atoms with E-state index < -0.39 is 5.91 Å². The predicted molar refractivity (Wildman–Crippen MR) is 106 cm³/mol. The summed E-state index contributed by atoms with van der Waals surface area (Å²) in [6.07, 6.45) is 0.232. The number of nitrogens with zero attached hydrogens (tertiary/aromatic N) is 1. The van der Waals surface area contributed by atoms with Crippen molar-refractivity contribution in [2.45, 2.75) is 6.42 Å². The number of thiazole rings is 1. The molecule has 1 aromatic heterocycles. The van der Waals surface area contributed by atoms with Crippen LogP contribution < -0.4 is 16.4 Å². The van der Waals surface area contributed by atoms with E-state index in [1.165, 1.54) is 11.3 Å². The SMILES string of the molecule is NCCC(=O)Nc1nc2ccc(NC(=O)c3c(Cl)cccc3Cl)cc2s1. The molecule has 3 rings (SSSR count). The largest absolute Gasteiger partial charge is 0.330 e. The molecule has 4 N–H and O–H groups in total. The molecular weight excluding hydrogens is 395 g/mol. The molecule has 0 aliphatic carbocycles. The summed E-state index contributed by atoms with van der Waals surface area (Å²) in [6, 6.07) is 10.1. The fraction of sp³-hybridized carbons (Fsp3) is 0.118. The van der Waals surface area contributed by atoms with Crippen LogP contribution in [0.2, 0.25) is 10.0 Å². The molecule has 0 saturated heterocycles. The summed E-state index contributed by atoms with van der Waals surface area (Å²) in [5.74, 6) is -0.589. The Bertz CT molecular complexity index is 970. The molecule has 0 atom stereocenters. The molecule has 0 aliphatic heterocycles. The van der Waals surface area contributed by atoms with Crippen molar-refractivity contribution in [3.8, 4) is 0 Å². The Balaban J connectivity index is 1.81. The Hall–Kier alpha value is -2.19. The minimum absolute atomic E-state index is 0.187. The van der Waals surface area contributed by atoms with E-state index in [-0.39, 0.29) is 34.5 Å². The maximum absolute atomic E-state index is 12.5. The number of anilines is 2. The van der Waals surface area contributed by atoms with Gasteiger partial charge in [-0.1, -0.05) is 40.6 Å². The average Bonchev–Trinajstić information content (AvgIpc) is 2.96. The highest BCUT2D eigenvalue weighted by Gasteiger charge is 2.15. The summed E-state index contributed by atoms with van der Waals surface area (Å²) in [7, 11) is 0.